The average Bonchev–Trinajstić information content (AvgIpc) is 2.16. The van der Waals surface area contributed by atoms with Crippen molar-refractivity contribution in [2.75, 3.05) is 7.11 Å². The molecule has 0 radical (unpaired) electrons. The highest BCUT2D eigenvalue weighted by Gasteiger charge is 2.12. The topological polar surface area (TPSA) is 21.6 Å². The van der Waals surface area contributed by atoms with Gasteiger partial charge in [-0.2, -0.15) is 0 Å². The summed E-state index contributed by atoms with van der Waals surface area (Å²) >= 11 is 0. The second-order valence-electron chi connectivity index (χ2n) is 2.58. The summed E-state index contributed by atoms with van der Waals surface area (Å²) in [6.45, 7) is 6.69. The molecule has 0 N–H and O–H groups in total. The Bertz CT molecular complexity index is 365. The van der Waals surface area contributed by atoms with Gasteiger partial charge in [-0.15, -0.1) is 0 Å². The third kappa shape index (κ3) is 1.79. The van der Waals surface area contributed by atoms with Crippen LogP contribution in [0.25, 0.3) is 5.70 Å². The van der Waals surface area contributed by atoms with E-state index in [1.807, 2.05) is 0 Å². The number of hydrogen-bond donors (Lipinski definition) is 0. The summed E-state index contributed by atoms with van der Waals surface area (Å²) in [5, 5.41) is 0. The van der Waals surface area contributed by atoms with Gasteiger partial charge >= 0.3 is 0 Å². The highest BCUT2D eigenvalue weighted by molar-refractivity contribution is 5.66. The Kier molecular flexibility index (Phi) is 2.96. The van der Waals surface area contributed by atoms with E-state index in [0.29, 0.717) is 0 Å². The summed E-state index contributed by atoms with van der Waals surface area (Å²) in [6.07, 6.45) is 0. The lowest BCUT2D eigenvalue weighted by atomic mass is 10.1. The maximum absolute atomic E-state index is 13.1. The number of rotatable bonds is 3. The molecule has 0 heterocycles. The Balaban J connectivity index is 3.27. The Morgan fingerprint density at radius 2 is 1.86 bits per heavy atom. The Labute approximate surface area is 80.5 Å². The minimum Gasteiger partial charge on any atom is -0.491 e. The highest BCUT2D eigenvalue weighted by Crippen LogP contribution is 2.25. The van der Waals surface area contributed by atoms with Gasteiger partial charge < -0.3 is 4.74 Å². The molecule has 0 spiro atoms. The van der Waals surface area contributed by atoms with E-state index in [1.54, 1.807) is 0 Å². The first kappa shape index (κ1) is 10.4. The molecule has 0 amide bonds. The minimum atomic E-state index is -0.785. The first-order valence-corrected chi connectivity index (χ1v) is 3.79. The van der Waals surface area contributed by atoms with Gasteiger partial charge in [-0.3, -0.25) is 4.99 Å². The SMILES string of the molecule is C=NC(=C)c1cc(F)c(OC)c(F)c1. The molecule has 0 bridgehead atoms. The molecule has 2 nitrogen and oxygen atoms in total. The number of methoxy groups -OCH3 is 1. The van der Waals surface area contributed by atoms with Gasteiger partial charge in [0.15, 0.2) is 17.4 Å². The molecule has 0 saturated carbocycles. The minimum absolute atomic E-state index is 0.213. The van der Waals surface area contributed by atoms with E-state index < -0.39 is 17.4 Å². The molecule has 0 unspecified atom stereocenters. The molecule has 74 valence electrons. The van der Waals surface area contributed by atoms with E-state index in [-0.39, 0.29) is 11.3 Å². The molecule has 0 atom stereocenters. The number of ether oxygens (including phenoxy) is 1. The zero-order valence-corrected chi connectivity index (χ0v) is 7.68. The van der Waals surface area contributed by atoms with Crippen LogP contribution in [0, 0.1) is 11.6 Å². The monoisotopic (exact) mass is 197 g/mol. The van der Waals surface area contributed by atoms with E-state index in [2.05, 4.69) is 23.0 Å². The Hall–Kier alpha value is -1.71. The highest BCUT2D eigenvalue weighted by atomic mass is 19.1. The van der Waals surface area contributed by atoms with Crippen molar-refractivity contribution in [2.24, 2.45) is 4.99 Å². The predicted octanol–water partition coefficient (Wildman–Crippen LogP) is 2.64. The quantitative estimate of drug-likeness (QED) is 0.682. The molecule has 0 fully saturated rings. The third-order valence-electron chi connectivity index (χ3n) is 1.73. The predicted molar refractivity (Wildman–Crippen MR) is 51.5 cm³/mol. The number of hydrogen-bond acceptors (Lipinski definition) is 2. The molecule has 1 rings (SSSR count). The smallest absolute Gasteiger partial charge is 0.190 e. The maximum Gasteiger partial charge on any atom is 0.190 e. The van der Waals surface area contributed by atoms with Crippen LogP contribution >= 0.6 is 0 Å². The number of aliphatic imine (C=N–C) groups is 1. The second kappa shape index (κ2) is 4.00. The second-order valence-corrected chi connectivity index (χ2v) is 2.58. The largest absolute Gasteiger partial charge is 0.491 e. The van der Waals surface area contributed by atoms with Crippen molar-refractivity contribution in [3.8, 4) is 5.75 Å². The third-order valence-corrected chi connectivity index (χ3v) is 1.73. The van der Waals surface area contributed by atoms with Crippen LogP contribution in [0.15, 0.2) is 23.7 Å². The number of nitrogens with zero attached hydrogens (tertiary/aromatic N) is 1. The van der Waals surface area contributed by atoms with E-state index in [9.17, 15) is 8.78 Å². The normalized spacial score (nSPS) is 9.64. The van der Waals surface area contributed by atoms with E-state index >= 15 is 0 Å². The number of halogens is 2. The van der Waals surface area contributed by atoms with Crippen LogP contribution in [-0.2, 0) is 0 Å². The Morgan fingerprint density at radius 1 is 1.36 bits per heavy atom. The van der Waals surface area contributed by atoms with Gasteiger partial charge in [0.05, 0.1) is 12.8 Å². The molecular weight excluding hydrogens is 188 g/mol. The van der Waals surface area contributed by atoms with Gasteiger partial charge in [-0.1, -0.05) is 6.58 Å². The fourth-order valence-corrected chi connectivity index (χ4v) is 1.01. The van der Waals surface area contributed by atoms with Gasteiger partial charge in [-0.05, 0) is 18.9 Å². The standard InChI is InChI=1S/C10H9F2NO/c1-6(13-2)7-4-8(11)10(14-3)9(12)5-7/h4-5H,1-2H2,3H3. The molecule has 0 aromatic heterocycles. The van der Waals surface area contributed by atoms with Crippen LogP contribution in [0.3, 0.4) is 0 Å². The van der Waals surface area contributed by atoms with Crippen LogP contribution in [0.5, 0.6) is 5.75 Å². The van der Waals surface area contributed by atoms with Gasteiger partial charge in [0.2, 0.25) is 0 Å². The lowest BCUT2D eigenvalue weighted by Crippen LogP contribution is -1.94. The summed E-state index contributed by atoms with van der Waals surface area (Å²) in [6, 6.07) is 2.19. The molecular formula is C10H9F2NO. The molecule has 0 saturated heterocycles. The van der Waals surface area contributed by atoms with Crippen molar-refractivity contribution in [3.05, 3.63) is 35.9 Å². The van der Waals surface area contributed by atoms with Crippen LogP contribution in [0.1, 0.15) is 5.56 Å². The lowest BCUT2D eigenvalue weighted by molar-refractivity contribution is 0.359. The molecule has 0 aliphatic heterocycles. The molecule has 0 aliphatic carbocycles. The molecule has 1 aromatic carbocycles. The number of benzene rings is 1. The zero-order valence-electron chi connectivity index (χ0n) is 7.68. The van der Waals surface area contributed by atoms with Gasteiger partial charge in [0.1, 0.15) is 0 Å². The molecule has 4 heteroatoms. The zero-order chi connectivity index (χ0) is 10.7. The first-order chi connectivity index (χ1) is 6.60. The average molecular weight is 197 g/mol. The van der Waals surface area contributed by atoms with Crippen molar-refractivity contribution < 1.29 is 13.5 Å². The van der Waals surface area contributed by atoms with Crippen LogP contribution in [0.2, 0.25) is 0 Å². The van der Waals surface area contributed by atoms with Crippen LogP contribution in [0.4, 0.5) is 8.78 Å². The fourth-order valence-electron chi connectivity index (χ4n) is 1.01. The Morgan fingerprint density at radius 3 is 2.21 bits per heavy atom. The summed E-state index contributed by atoms with van der Waals surface area (Å²) in [5.41, 5.74) is 0.459. The summed E-state index contributed by atoms with van der Waals surface area (Å²) in [7, 11) is 1.20. The summed E-state index contributed by atoms with van der Waals surface area (Å²) in [5.74, 6) is -1.98. The van der Waals surface area contributed by atoms with Gasteiger partial charge in [0, 0.05) is 5.56 Å². The van der Waals surface area contributed by atoms with Crippen LogP contribution < -0.4 is 4.74 Å². The van der Waals surface area contributed by atoms with Crippen LogP contribution in [-0.4, -0.2) is 13.8 Å². The van der Waals surface area contributed by atoms with Crippen molar-refractivity contribution in [2.45, 2.75) is 0 Å². The van der Waals surface area contributed by atoms with Gasteiger partial charge in [-0.25, -0.2) is 8.78 Å². The molecule has 14 heavy (non-hydrogen) atoms. The van der Waals surface area contributed by atoms with Crippen molar-refractivity contribution in [3.63, 3.8) is 0 Å². The molecule has 0 aliphatic rings. The van der Waals surface area contributed by atoms with Crippen molar-refractivity contribution in [1.82, 2.24) is 0 Å². The summed E-state index contributed by atoms with van der Waals surface area (Å²) in [4.78, 5) is 3.48. The van der Waals surface area contributed by atoms with E-state index in [1.165, 1.54) is 7.11 Å². The molecule has 1 aromatic rings. The van der Waals surface area contributed by atoms with Crippen molar-refractivity contribution >= 4 is 12.4 Å². The van der Waals surface area contributed by atoms with Crippen molar-refractivity contribution in [1.29, 1.82) is 0 Å². The maximum atomic E-state index is 13.1. The summed E-state index contributed by atoms with van der Waals surface area (Å²) < 4.78 is 30.8. The lowest BCUT2D eigenvalue weighted by Gasteiger charge is -2.06. The fraction of sp³-hybridized carbons (Fsp3) is 0.100. The van der Waals surface area contributed by atoms with Gasteiger partial charge in [0.25, 0.3) is 0 Å². The van der Waals surface area contributed by atoms with E-state index in [4.69, 9.17) is 0 Å². The van der Waals surface area contributed by atoms with E-state index in [0.717, 1.165) is 12.1 Å². The first-order valence-electron chi connectivity index (χ1n) is 3.79.